The van der Waals surface area contributed by atoms with Crippen LogP contribution in [0.2, 0.25) is 0 Å². The monoisotopic (exact) mass is 340 g/mol. The van der Waals surface area contributed by atoms with Crippen LogP contribution >= 0.6 is 11.3 Å². The summed E-state index contributed by atoms with van der Waals surface area (Å²) in [6, 6.07) is 10.5. The third kappa shape index (κ3) is 2.78. The summed E-state index contributed by atoms with van der Waals surface area (Å²) in [7, 11) is 0. The molecule has 4 rings (SSSR count). The minimum atomic E-state index is 0.161. The van der Waals surface area contributed by atoms with Gasteiger partial charge in [-0.25, -0.2) is 4.98 Å². The lowest BCUT2D eigenvalue weighted by molar-refractivity contribution is -0.902. The van der Waals surface area contributed by atoms with Crippen LogP contribution in [0, 0.1) is 6.92 Å². The van der Waals surface area contributed by atoms with Crippen LogP contribution < -0.4 is 4.90 Å². The molecule has 1 amide bonds. The maximum atomic E-state index is 12.8. The number of piperazine rings is 1. The van der Waals surface area contributed by atoms with Gasteiger partial charge in [-0.15, -0.1) is 11.3 Å². The lowest BCUT2D eigenvalue weighted by atomic mass is 10.1. The van der Waals surface area contributed by atoms with Gasteiger partial charge in [-0.05, 0) is 37.6 Å². The van der Waals surface area contributed by atoms with Gasteiger partial charge in [0.1, 0.15) is 4.83 Å². The van der Waals surface area contributed by atoms with Gasteiger partial charge in [0.05, 0.1) is 43.1 Å². The summed E-state index contributed by atoms with van der Waals surface area (Å²) >= 11 is 1.52. The van der Waals surface area contributed by atoms with Crippen molar-refractivity contribution in [3.8, 4) is 0 Å². The smallest absolute Gasteiger partial charge is 0.264 e. The molecule has 2 aromatic heterocycles. The van der Waals surface area contributed by atoms with Crippen LogP contribution in [-0.2, 0) is 0 Å². The van der Waals surface area contributed by atoms with Crippen LogP contribution in [0.15, 0.2) is 30.3 Å². The number of rotatable bonds is 2. The number of aromatic nitrogens is 1. The molecule has 1 aliphatic rings. The van der Waals surface area contributed by atoms with Crippen LogP contribution in [0.5, 0.6) is 0 Å². The Bertz CT molecular complexity index is 910. The lowest BCUT2D eigenvalue weighted by Gasteiger charge is -2.31. The number of amides is 1. The molecule has 1 N–H and O–H groups in total. The molecule has 3 aromatic rings. The maximum Gasteiger partial charge on any atom is 0.264 e. The Kier molecular flexibility index (Phi) is 3.98. The van der Waals surface area contributed by atoms with Gasteiger partial charge in [0.2, 0.25) is 0 Å². The van der Waals surface area contributed by atoms with Crippen molar-refractivity contribution in [3.63, 3.8) is 0 Å². The van der Waals surface area contributed by atoms with E-state index >= 15 is 0 Å². The van der Waals surface area contributed by atoms with Crippen LogP contribution in [0.25, 0.3) is 21.1 Å². The van der Waals surface area contributed by atoms with Crippen molar-refractivity contribution in [3.05, 3.63) is 40.8 Å². The van der Waals surface area contributed by atoms with E-state index in [1.807, 2.05) is 11.0 Å². The predicted octanol–water partition coefficient (Wildman–Crippen LogP) is 2.12. The first-order valence-electron chi connectivity index (χ1n) is 8.58. The van der Waals surface area contributed by atoms with E-state index in [2.05, 4.69) is 38.1 Å². The summed E-state index contributed by atoms with van der Waals surface area (Å²) in [5, 5.41) is 2.20. The van der Waals surface area contributed by atoms with Gasteiger partial charge in [0.25, 0.3) is 5.91 Å². The van der Waals surface area contributed by atoms with Gasteiger partial charge >= 0.3 is 0 Å². The summed E-state index contributed by atoms with van der Waals surface area (Å²) in [5.74, 6) is 0.161. The van der Waals surface area contributed by atoms with E-state index in [1.54, 1.807) is 4.90 Å². The largest absolute Gasteiger partial charge is 0.332 e. The fourth-order valence-corrected chi connectivity index (χ4v) is 4.37. The van der Waals surface area contributed by atoms with Crippen molar-refractivity contribution in [2.75, 3.05) is 32.7 Å². The zero-order valence-corrected chi connectivity index (χ0v) is 14.9. The van der Waals surface area contributed by atoms with Gasteiger partial charge < -0.3 is 9.80 Å². The molecule has 0 atom stereocenters. The lowest BCUT2D eigenvalue weighted by Crippen LogP contribution is -3.14. The number of carbonyl (C=O) groups excluding carboxylic acids is 1. The summed E-state index contributed by atoms with van der Waals surface area (Å²) in [5.41, 5.74) is 2.21. The van der Waals surface area contributed by atoms with Crippen LogP contribution in [0.3, 0.4) is 0 Å². The van der Waals surface area contributed by atoms with E-state index in [4.69, 9.17) is 4.98 Å². The molecule has 0 unspecified atom stereocenters. The Balaban J connectivity index is 1.64. The van der Waals surface area contributed by atoms with Gasteiger partial charge in [0, 0.05) is 10.8 Å². The minimum Gasteiger partial charge on any atom is -0.332 e. The highest BCUT2D eigenvalue weighted by atomic mass is 32.1. The third-order valence-corrected chi connectivity index (χ3v) is 5.96. The number of hydrogen-bond donors (Lipinski definition) is 1. The van der Waals surface area contributed by atoms with Gasteiger partial charge in [-0.2, -0.15) is 0 Å². The van der Waals surface area contributed by atoms with E-state index in [0.717, 1.165) is 58.7 Å². The first kappa shape index (κ1) is 15.5. The van der Waals surface area contributed by atoms with Crippen molar-refractivity contribution < 1.29 is 9.69 Å². The summed E-state index contributed by atoms with van der Waals surface area (Å²) in [4.78, 5) is 22.9. The summed E-state index contributed by atoms with van der Waals surface area (Å²) < 4.78 is 0. The molecule has 24 heavy (non-hydrogen) atoms. The number of pyridine rings is 1. The molecule has 0 radical (unpaired) electrons. The second kappa shape index (κ2) is 6.15. The topological polar surface area (TPSA) is 37.6 Å². The predicted molar refractivity (Wildman–Crippen MR) is 99.0 cm³/mol. The molecule has 0 spiro atoms. The third-order valence-electron chi connectivity index (χ3n) is 4.93. The molecule has 1 saturated heterocycles. The maximum absolute atomic E-state index is 12.8. The summed E-state index contributed by atoms with van der Waals surface area (Å²) in [6.45, 7) is 9.23. The molecule has 0 saturated carbocycles. The van der Waals surface area contributed by atoms with Crippen LogP contribution in [0.4, 0.5) is 0 Å². The Morgan fingerprint density at radius 2 is 2.00 bits per heavy atom. The average molecular weight is 340 g/mol. The molecule has 1 aromatic carbocycles. The zero-order chi connectivity index (χ0) is 16.7. The van der Waals surface area contributed by atoms with E-state index in [0.29, 0.717) is 0 Å². The molecule has 0 aliphatic carbocycles. The molecular weight excluding hydrogens is 318 g/mol. The number of benzene rings is 1. The molecule has 4 nitrogen and oxygen atoms in total. The quantitative estimate of drug-likeness (QED) is 0.776. The van der Waals surface area contributed by atoms with E-state index < -0.39 is 0 Å². The second-order valence-corrected chi connectivity index (χ2v) is 7.62. The van der Waals surface area contributed by atoms with Crippen LogP contribution in [0.1, 0.15) is 22.2 Å². The van der Waals surface area contributed by atoms with Gasteiger partial charge in [-0.3, -0.25) is 4.79 Å². The first-order chi connectivity index (χ1) is 11.6. The van der Waals surface area contributed by atoms with Crippen molar-refractivity contribution in [1.29, 1.82) is 0 Å². The van der Waals surface area contributed by atoms with Crippen LogP contribution in [-0.4, -0.2) is 48.5 Å². The zero-order valence-electron chi connectivity index (χ0n) is 14.1. The van der Waals surface area contributed by atoms with E-state index in [-0.39, 0.29) is 5.91 Å². The molecule has 0 bridgehead atoms. The number of fused-ring (bicyclic) bond motifs is 2. The number of nitrogens with one attached hydrogen (secondary N) is 1. The number of nitrogens with zero attached hydrogens (tertiary/aromatic N) is 2. The van der Waals surface area contributed by atoms with Crippen molar-refractivity contribution in [1.82, 2.24) is 9.88 Å². The number of quaternary nitrogens is 1. The highest BCUT2D eigenvalue weighted by Gasteiger charge is 2.25. The first-order valence-corrected chi connectivity index (χ1v) is 9.39. The normalized spacial score (nSPS) is 16.2. The Hall–Kier alpha value is -1.98. The average Bonchev–Trinajstić information content (AvgIpc) is 3.02. The molecule has 124 valence electrons. The molecule has 5 heteroatoms. The van der Waals surface area contributed by atoms with Crippen molar-refractivity contribution >= 4 is 38.4 Å². The SMILES string of the molecule is CC[NH+]1CCN(C(=O)c2cc3cc4ccc(C)cc4nc3s2)CC1. The minimum absolute atomic E-state index is 0.161. The molecule has 1 aliphatic heterocycles. The van der Waals surface area contributed by atoms with Gasteiger partial charge in [-0.1, -0.05) is 12.1 Å². The van der Waals surface area contributed by atoms with Gasteiger partial charge in [0.15, 0.2) is 0 Å². The number of likely N-dealkylation sites (N-methyl/N-ethyl adjacent to an activating group) is 1. The second-order valence-electron chi connectivity index (χ2n) is 6.59. The standard InChI is InChI=1S/C19H21N3OS/c1-3-21-6-8-22(9-7-21)19(23)17-12-15-11-14-5-4-13(2)10-16(14)20-18(15)24-17/h4-5,10-12H,3,6-9H2,1-2H3/p+1. The molecular formula is C19H22N3OS+. The highest BCUT2D eigenvalue weighted by molar-refractivity contribution is 7.20. The fourth-order valence-electron chi connectivity index (χ4n) is 3.38. The number of hydrogen-bond acceptors (Lipinski definition) is 3. The number of aryl methyl sites for hydroxylation is 1. The van der Waals surface area contributed by atoms with E-state index in [1.165, 1.54) is 16.9 Å². The molecule has 3 heterocycles. The number of thiophene rings is 1. The summed E-state index contributed by atoms with van der Waals surface area (Å²) in [6.07, 6.45) is 0. The molecule has 1 fully saturated rings. The highest BCUT2D eigenvalue weighted by Crippen LogP contribution is 2.28. The Morgan fingerprint density at radius 3 is 2.75 bits per heavy atom. The Morgan fingerprint density at radius 1 is 1.21 bits per heavy atom. The fraction of sp³-hybridized carbons (Fsp3) is 0.368. The van der Waals surface area contributed by atoms with E-state index in [9.17, 15) is 4.79 Å². The Labute approximate surface area is 145 Å². The van der Waals surface area contributed by atoms with Crippen molar-refractivity contribution in [2.45, 2.75) is 13.8 Å². The van der Waals surface area contributed by atoms with Crippen molar-refractivity contribution in [2.24, 2.45) is 0 Å². The number of carbonyl (C=O) groups is 1.